The number of rotatable bonds is 4. The molecule has 0 bridgehead atoms. The molecular formula is C10H10N2O2. The Kier molecular flexibility index (Phi) is 3.62. The van der Waals surface area contributed by atoms with Crippen molar-refractivity contribution in [1.82, 2.24) is 9.97 Å². The Balaban J connectivity index is 2.56. The highest BCUT2D eigenvalue weighted by molar-refractivity contribution is 5.93. The number of ether oxygens (including phenoxy) is 1. The molecule has 0 spiro atoms. The molecule has 1 heterocycles. The number of hydrogen-bond acceptors (Lipinski definition) is 4. The Bertz CT molecular complexity index is 351. The van der Waals surface area contributed by atoms with Crippen molar-refractivity contribution in [1.29, 1.82) is 0 Å². The van der Waals surface area contributed by atoms with Crippen LogP contribution in [0.15, 0.2) is 12.4 Å². The van der Waals surface area contributed by atoms with Crippen molar-refractivity contribution in [2.24, 2.45) is 0 Å². The van der Waals surface area contributed by atoms with E-state index in [1.54, 1.807) is 0 Å². The van der Waals surface area contributed by atoms with Crippen molar-refractivity contribution < 1.29 is 9.53 Å². The molecule has 0 saturated heterocycles. The minimum absolute atomic E-state index is 0.0693. The van der Waals surface area contributed by atoms with E-state index in [0.717, 1.165) is 0 Å². The highest BCUT2D eigenvalue weighted by Gasteiger charge is 2.01. The van der Waals surface area contributed by atoms with Crippen molar-refractivity contribution in [3.8, 4) is 18.4 Å². The summed E-state index contributed by atoms with van der Waals surface area (Å²) in [5.41, 5.74) is 0.467. The van der Waals surface area contributed by atoms with E-state index >= 15 is 0 Å². The second kappa shape index (κ2) is 4.97. The lowest BCUT2D eigenvalue weighted by atomic mass is 10.2. The molecule has 0 atom stereocenters. The molecule has 0 N–H and O–H groups in total. The van der Waals surface area contributed by atoms with Crippen LogP contribution in [-0.4, -0.2) is 22.4 Å². The Hall–Kier alpha value is -1.89. The Morgan fingerprint density at radius 1 is 1.57 bits per heavy atom. The van der Waals surface area contributed by atoms with E-state index in [1.165, 1.54) is 19.3 Å². The molecule has 1 aromatic heterocycles. The highest BCUT2D eigenvalue weighted by Crippen LogP contribution is 2.03. The first-order chi connectivity index (χ1) is 6.74. The van der Waals surface area contributed by atoms with E-state index in [4.69, 9.17) is 11.2 Å². The fourth-order valence-electron chi connectivity index (χ4n) is 0.774. The van der Waals surface area contributed by atoms with E-state index in [-0.39, 0.29) is 11.8 Å². The summed E-state index contributed by atoms with van der Waals surface area (Å²) in [6.45, 7) is 1.84. The number of aromatic nitrogens is 2. The Morgan fingerprint density at radius 3 is 2.71 bits per heavy atom. The van der Waals surface area contributed by atoms with Crippen LogP contribution in [0.1, 0.15) is 23.7 Å². The van der Waals surface area contributed by atoms with Gasteiger partial charge in [0.1, 0.15) is 6.61 Å². The van der Waals surface area contributed by atoms with Crippen LogP contribution < -0.4 is 4.74 Å². The first-order valence-corrected chi connectivity index (χ1v) is 4.13. The smallest absolute Gasteiger partial charge is 0.316 e. The van der Waals surface area contributed by atoms with Crippen molar-refractivity contribution in [2.45, 2.75) is 13.3 Å². The summed E-state index contributed by atoms with van der Waals surface area (Å²) in [6, 6.07) is 0.241. The number of carbonyl (C=O) groups excluding carboxylic acids is 1. The average molecular weight is 190 g/mol. The van der Waals surface area contributed by atoms with Gasteiger partial charge in [-0.2, -0.15) is 0 Å². The molecule has 1 rings (SSSR count). The van der Waals surface area contributed by atoms with Gasteiger partial charge in [-0.3, -0.25) is 4.79 Å². The van der Waals surface area contributed by atoms with Gasteiger partial charge >= 0.3 is 6.01 Å². The largest absolute Gasteiger partial charge is 0.462 e. The molecular weight excluding hydrogens is 180 g/mol. The van der Waals surface area contributed by atoms with E-state index in [9.17, 15) is 4.79 Å². The second-order valence-electron chi connectivity index (χ2n) is 2.61. The van der Waals surface area contributed by atoms with Gasteiger partial charge in [0, 0.05) is 18.8 Å². The maximum Gasteiger partial charge on any atom is 0.316 e. The van der Waals surface area contributed by atoms with Crippen LogP contribution in [0.4, 0.5) is 0 Å². The molecule has 1 aromatic rings. The monoisotopic (exact) mass is 190 g/mol. The van der Waals surface area contributed by atoms with Gasteiger partial charge in [-0.15, -0.1) is 12.3 Å². The van der Waals surface area contributed by atoms with Gasteiger partial charge in [0.2, 0.25) is 0 Å². The van der Waals surface area contributed by atoms with Gasteiger partial charge in [0.05, 0.1) is 5.56 Å². The SMILES string of the molecule is C#CCCOc1ncc(C(C)=O)cn1. The van der Waals surface area contributed by atoms with Crippen LogP contribution in [0.2, 0.25) is 0 Å². The van der Waals surface area contributed by atoms with Crippen molar-refractivity contribution >= 4 is 5.78 Å². The molecule has 0 aliphatic rings. The summed E-state index contributed by atoms with van der Waals surface area (Å²) in [4.78, 5) is 18.6. The molecule has 14 heavy (non-hydrogen) atoms. The fraction of sp³-hybridized carbons (Fsp3) is 0.300. The number of nitrogens with zero attached hydrogens (tertiary/aromatic N) is 2. The average Bonchev–Trinajstić information content (AvgIpc) is 2.19. The molecule has 0 radical (unpaired) electrons. The molecule has 0 unspecified atom stereocenters. The molecule has 4 nitrogen and oxygen atoms in total. The highest BCUT2D eigenvalue weighted by atomic mass is 16.5. The third kappa shape index (κ3) is 2.87. The summed E-state index contributed by atoms with van der Waals surface area (Å²) in [5, 5.41) is 0. The molecule has 4 heteroatoms. The quantitative estimate of drug-likeness (QED) is 0.405. The Labute approximate surface area is 82.3 Å². The van der Waals surface area contributed by atoms with Crippen LogP contribution in [0.5, 0.6) is 6.01 Å². The third-order valence-corrected chi connectivity index (χ3v) is 1.51. The normalized spacial score (nSPS) is 9.14. The van der Waals surface area contributed by atoms with Gasteiger partial charge in [-0.05, 0) is 6.92 Å². The predicted octanol–water partition coefficient (Wildman–Crippen LogP) is 1.08. The molecule has 0 fully saturated rings. The lowest BCUT2D eigenvalue weighted by Gasteiger charge is -2.01. The first kappa shape index (κ1) is 10.2. The standard InChI is InChI=1S/C10H10N2O2/c1-3-4-5-14-10-11-6-9(7-12-10)8(2)13/h1,6-7H,4-5H2,2H3. The van der Waals surface area contributed by atoms with E-state index in [2.05, 4.69) is 15.9 Å². The first-order valence-electron chi connectivity index (χ1n) is 4.13. The van der Waals surface area contributed by atoms with Crippen molar-refractivity contribution in [3.05, 3.63) is 18.0 Å². The molecule has 0 amide bonds. The van der Waals surface area contributed by atoms with Crippen LogP contribution >= 0.6 is 0 Å². The van der Waals surface area contributed by atoms with Gasteiger partial charge in [-0.25, -0.2) is 9.97 Å². The summed E-state index contributed by atoms with van der Waals surface area (Å²) >= 11 is 0. The van der Waals surface area contributed by atoms with Crippen molar-refractivity contribution in [2.75, 3.05) is 6.61 Å². The maximum absolute atomic E-state index is 10.9. The number of carbonyl (C=O) groups is 1. The maximum atomic E-state index is 10.9. The fourth-order valence-corrected chi connectivity index (χ4v) is 0.774. The van der Waals surface area contributed by atoms with Crippen molar-refractivity contribution in [3.63, 3.8) is 0 Å². The number of hydrogen-bond donors (Lipinski definition) is 0. The molecule has 0 saturated carbocycles. The second-order valence-corrected chi connectivity index (χ2v) is 2.61. The van der Waals surface area contributed by atoms with Gasteiger partial charge in [0.15, 0.2) is 5.78 Å². The zero-order valence-corrected chi connectivity index (χ0v) is 7.86. The molecule has 0 aliphatic carbocycles. The van der Waals surface area contributed by atoms with Gasteiger partial charge in [0.25, 0.3) is 0 Å². The number of Topliss-reactive ketones (excluding diaryl/α,β-unsaturated/α-hetero) is 1. The summed E-state index contributed by atoms with van der Waals surface area (Å²) in [7, 11) is 0. The number of ketones is 1. The summed E-state index contributed by atoms with van der Waals surface area (Å²) in [6.07, 6.45) is 8.41. The van der Waals surface area contributed by atoms with Crippen LogP contribution in [0.25, 0.3) is 0 Å². The third-order valence-electron chi connectivity index (χ3n) is 1.51. The zero-order chi connectivity index (χ0) is 10.4. The van der Waals surface area contributed by atoms with E-state index < -0.39 is 0 Å². The van der Waals surface area contributed by atoms with Crippen LogP contribution in [0.3, 0.4) is 0 Å². The van der Waals surface area contributed by atoms with Crippen LogP contribution in [0, 0.1) is 12.3 Å². The summed E-state index contributed by atoms with van der Waals surface area (Å²) in [5.74, 6) is 2.36. The predicted molar refractivity (Wildman–Crippen MR) is 51.0 cm³/mol. The van der Waals surface area contributed by atoms with Gasteiger partial charge < -0.3 is 4.74 Å². The summed E-state index contributed by atoms with van der Waals surface area (Å²) < 4.78 is 5.11. The minimum atomic E-state index is -0.0693. The minimum Gasteiger partial charge on any atom is -0.462 e. The zero-order valence-electron chi connectivity index (χ0n) is 7.86. The van der Waals surface area contributed by atoms with E-state index in [0.29, 0.717) is 18.6 Å². The van der Waals surface area contributed by atoms with Crippen LogP contribution in [-0.2, 0) is 0 Å². The lowest BCUT2D eigenvalue weighted by molar-refractivity contribution is 0.101. The Morgan fingerprint density at radius 2 is 2.21 bits per heavy atom. The molecule has 0 aliphatic heterocycles. The lowest BCUT2D eigenvalue weighted by Crippen LogP contribution is -2.02. The molecule has 0 aromatic carbocycles. The molecule has 72 valence electrons. The van der Waals surface area contributed by atoms with E-state index in [1.807, 2.05) is 0 Å². The van der Waals surface area contributed by atoms with Gasteiger partial charge in [-0.1, -0.05) is 0 Å². The number of terminal acetylenes is 1. The topological polar surface area (TPSA) is 52.1 Å².